The molecule has 0 saturated carbocycles. The maximum atomic E-state index is 12.6. The minimum Gasteiger partial charge on any atom is -0.195 e. The first-order chi connectivity index (χ1) is 8.50. The van der Waals surface area contributed by atoms with Crippen LogP contribution in [0.4, 0.5) is 0 Å². The summed E-state index contributed by atoms with van der Waals surface area (Å²) in [5.41, 5.74) is 0. The van der Waals surface area contributed by atoms with Crippen LogP contribution in [0.25, 0.3) is 0 Å². The van der Waals surface area contributed by atoms with Crippen molar-refractivity contribution in [3.05, 3.63) is 0 Å². The van der Waals surface area contributed by atoms with E-state index in [-0.39, 0.29) is 0 Å². The largest absolute Gasteiger partial charge is 0.282 e. The van der Waals surface area contributed by atoms with Gasteiger partial charge in [0.15, 0.2) is 0 Å². The van der Waals surface area contributed by atoms with Crippen LogP contribution in [-0.2, 0) is 10.2 Å². The van der Waals surface area contributed by atoms with Gasteiger partial charge < -0.3 is 0 Å². The van der Waals surface area contributed by atoms with Gasteiger partial charge in [0.1, 0.15) is 0 Å². The molecular formula is C12H24N2O2S2. The van der Waals surface area contributed by atoms with E-state index >= 15 is 0 Å². The zero-order valence-corrected chi connectivity index (χ0v) is 13.0. The molecule has 0 spiro atoms. The molecule has 2 aliphatic rings. The van der Waals surface area contributed by atoms with E-state index in [1.165, 1.54) is 0 Å². The summed E-state index contributed by atoms with van der Waals surface area (Å²) in [4.78, 5) is 0. The first kappa shape index (κ1) is 14.6. The number of piperidine rings is 1. The molecule has 2 heterocycles. The summed E-state index contributed by atoms with van der Waals surface area (Å²) in [5.74, 6) is 2.96. The van der Waals surface area contributed by atoms with Crippen LogP contribution in [0, 0.1) is 11.8 Å². The van der Waals surface area contributed by atoms with Crippen LogP contribution in [0.5, 0.6) is 0 Å². The molecule has 0 aliphatic carbocycles. The quantitative estimate of drug-likeness (QED) is 0.777. The average molecular weight is 292 g/mol. The summed E-state index contributed by atoms with van der Waals surface area (Å²) in [5, 5.41) is 0. The maximum Gasteiger partial charge on any atom is 0.282 e. The molecule has 2 saturated heterocycles. The standard InChI is InChI=1S/C12H24N2O2S2/c1-11-8-12(2)10-14(9-11)18(15,16)13-4-3-6-17-7-5-13/h11-12H,3-10H2,1-2H3. The Bertz CT molecular complexity index is 354. The highest BCUT2D eigenvalue weighted by molar-refractivity contribution is 7.99. The van der Waals surface area contributed by atoms with Crippen LogP contribution in [0.2, 0.25) is 0 Å². The van der Waals surface area contributed by atoms with Crippen molar-refractivity contribution in [1.29, 1.82) is 0 Å². The molecule has 0 radical (unpaired) electrons. The number of thioether (sulfide) groups is 1. The van der Waals surface area contributed by atoms with E-state index < -0.39 is 10.2 Å². The van der Waals surface area contributed by atoms with E-state index in [9.17, 15) is 8.42 Å². The van der Waals surface area contributed by atoms with Gasteiger partial charge in [-0.1, -0.05) is 13.8 Å². The Kier molecular flexibility index (Phi) is 4.97. The van der Waals surface area contributed by atoms with E-state index in [4.69, 9.17) is 0 Å². The van der Waals surface area contributed by atoms with Crippen molar-refractivity contribution in [2.24, 2.45) is 11.8 Å². The van der Waals surface area contributed by atoms with Crippen LogP contribution in [0.3, 0.4) is 0 Å². The van der Waals surface area contributed by atoms with Crippen molar-refractivity contribution >= 4 is 22.0 Å². The summed E-state index contributed by atoms with van der Waals surface area (Å²) in [6, 6.07) is 0. The minimum absolute atomic E-state index is 0.477. The Morgan fingerprint density at radius 1 is 1.00 bits per heavy atom. The number of hydrogen-bond acceptors (Lipinski definition) is 3. The topological polar surface area (TPSA) is 40.6 Å². The molecule has 2 unspecified atom stereocenters. The van der Waals surface area contributed by atoms with Crippen molar-refractivity contribution < 1.29 is 8.42 Å². The lowest BCUT2D eigenvalue weighted by Crippen LogP contribution is -2.50. The summed E-state index contributed by atoms with van der Waals surface area (Å²) in [6.07, 6.45) is 2.12. The minimum atomic E-state index is -3.22. The van der Waals surface area contributed by atoms with E-state index in [1.807, 2.05) is 11.8 Å². The Hall–Kier alpha value is 0.220. The number of hydrogen-bond donors (Lipinski definition) is 0. The van der Waals surface area contributed by atoms with Crippen molar-refractivity contribution in [3.63, 3.8) is 0 Å². The van der Waals surface area contributed by atoms with E-state index in [2.05, 4.69) is 13.8 Å². The van der Waals surface area contributed by atoms with E-state index in [0.717, 1.165) is 24.3 Å². The predicted octanol–water partition coefficient (Wildman–Crippen LogP) is 1.65. The molecule has 0 aromatic carbocycles. The van der Waals surface area contributed by atoms with Gasteiger partial charge in [0.05, 0.1) is 0 Å². The zero-order valence-electron chi connectivity index (χ0n) is 11.3. The van der Waals surface area contributed by atoms with Gasteiger partial charge >= 0.3 is 0 Å². The fourth-order valence-electron chi connectivity index (χ4n) is 2.91. The van der Waals surface area contributed by atoms with Crippen LogP contribution < -0.4 is 0 Å². The van der Waals surface area contributed by atoms with E-state index in [0.29, 0.717) is 38.0 Å². The Morgan fingerprint density at radius 3 is 2.33 bits per heavy atom. The molecule has 2 rings (SSSR count). The van der Waals surface area contributed by atoms with Gasteiger partial charge in [-0.05, 0) is 30.4 Å². The molecule has 2 aliphatic heterocycles. The molecule has 106 valence electrons. The van der Waals surface area contributed by atoms with E-state index in [1.54, 1.807) is 8.61 Å². The third kappa shape index (κ3) is 3.40. The summed E-state index contributed by atoms with van der Waals surface area (Å²) >= 11 is 1.86. The summed E-state index contributed by atoms with van der Waals surface area (Å²) in [6.45, 7) is 7.04. The lowest BCUT2D eigenvalue weighted by atomic mass is 9.94. The highest BCUT2D eigenvalue weighted by Gasteiger charge is 2.34. The SMILES string of the molecule is CC1CC(C)CN(S(=O)(=O)N2CCCSCC2)C1. The van der Waals surface area contributed by atoms with Gasteiger partial charge in [0.25, 0.3) is 10.2 Å². The number of nitrogens with zero attached hydrogens (tertiary/aromatic N) is 2. The van der Waals surface area contributed by atoms with Crippen LogP contribution in [-0.4, -0.2) is 54.7 Å². The summed E-state index contributed by atoms with van der Waals surface area (Å²) in [7, 11) is -3.22. The number of rotatable bonds is 2. The van der Waals surface area contributed by atoms with Gasteiger partial charge in [-0.25, -0.2) is 0 Å². The second-order valence-electron chi connectivity index (χ2n) is 5.64. The fourth-order valence-corrected chi connectivity index (χ4v) is 5.81. The van der Waals surface area contributed by atoms with Gasteiger partial charge in [0.2, 0.25) is 0 Å². The highest BCUT2D eigenvalue weighted by Crippen LogP contribution is 2.25. The highest BCUT2D eigenvalue weighted by atomic mass is 32.2. The van der Waals surface area contributed by atoms with Crippen LogP contribution in [0.15, 0.2) is 0 Å². The maximum absolute atomic E-state index is 12.6. The molecule has 0 N–H and O–H groups in total. The Morgan fingerprint density at radius 2 is 1.67 bits per heavy atom. The Labute approximate surface area is 115 Å². The first-order valence-electron chi connectivity index (χ1n) is 6.83. The molecule has 2 fully saturated rings. The van der Waals surface area contributed by atoms with Crippen molar-refractivity contribution in [2.45, 2.75) is 26.7 Å². The van der Waals surface area contributed by atoms with Gasteiger partial charge in [-0.2, -0.15) is 28.8 Å². The molecular weight excluding hydrogens is 268 g/mol. The molecule has 0 aromatic rings. The second-order valence-corrected chi connectivity index (χ2v) is 8.79. The molecule has 0 bridgehead atoms. The zero-order chi connectivity index (χ0) is 13.2. The van der Waals surface area contributed by atoms with Gasteiger partial charge in [-0.3, -0.25) is 0 Å². The summed E-state index contributed by atoms with van der Waals surface area (Å²) < 4.78 is 28.7. The predicted molar refractivity (Wildman–Crippen MR) is 77.0 cm³/mol. The third-order valence-corrected chi connectivity index (χ3v) is 6.69. The fraction of sp³-hybridized carbons (Fsp3) is 1.00. The van der Waals surface area contributed by atoms with Crippen molar-refractivity contribution in [3.8, 4) is 0 Å². The molecule has 4 nitrogen and oxygen atoms in total. The van der Waals surface area contributed by atoms with Crippen molar-refractivity contribution in [1.82, 2.24) is 8.61 Å². The second kappa shape index (κ2) is 6.11. The average Bonchev–Trinajstić information content (AvgIpc) is 2.56. The monoisotopic (exact) mass is 292 g/mol. The lowest BCUT2D eigenvalue weighted by molar-refractivity contribution is 0.209. The molecule has 0 aromatic heterocycles. The lowest BCUT2D eigenvalue weighted by Gasteiger charge is -2.36. The first-order valence-corrected chi connectivity index (χ1v) is 9.38. The molecule has 2 atom stereocenters. The van der Waals surface area contributed by atoms with Gasteiger partial charge in [0, 0.05) is 31.9 Å². The van der Waals surface area contributed by atoms with Crippen molar-refractivity contribution in [2.75, 3.05) is 37.7 Å². The van der Waals surface area contributed by atoms with Crippen LogP contribution >= 0.6 is 11.8 Å². The van der Waals surface area contributed by atoms with Crippen LogP contribution in [0.1, 0.15) is 26.7 Å². The Balaban J connectivity index is 2.08. The third-order valence-electron chi connectivity index (χ3n) is 3.67. The normalized spacial score (nSPS) is 33.2. The molecule has 6 heteroatoms. The molecule has 0 amide bonds. The smallest absolute Gasteiger partial charge is 0.195 e. The van der Waals surface area contributed by atoms with Gasteiger partial charge in [-0.15, -0.1) is 0 Å². The molecule has 18 heavy (non-hydrogen) atoms.